The van der Waals surface area contributed by atoms with Crippen LogP contribution in [0.25, 0.3) is 0 Å². The molecule has 0 bridgehead atoms. The summed E-state index contributed by atoms with van der Waals surface area (Å²) in [6.07, 6.45) is 2.45. The predicted octanol–water partition coefficient (Wildman–Crippen LogP) is 1.45. The quantitative estimate of drug-likeness (QED) is 0.836. The first-order valence-electron chi connectivity index (χ1n) is 7.38. The highest BCUT2D eigenvalue weighted by atomic mass is 32.2. The van der Waals surface area contributed by atoms with E-state index < -0.39 is 10.0 Å². The van der Waals surface area contributed by atoms with E-state index in [1.807, 2.05) is 0 Å². The summed E-state index contributed by atoms with van der Waals surface area (Å²) in [5, 5.41) is 3.13. The summed E-state index contributed by atoms with van der Waals surface area (Å²) in [5.74, 6) is 0.809. The second-order valence-electron chi connectivity index (χ2n) is 6.46. The topological polar surface area (TPSA) is 66.5 Å². The van der Waals surface area contributed by atoms with E-state index in [1.54, 1.807) is 0 Å². The Labute approximate surface area is 123 Å². The molecular formula is C14H28N2O3S. The van der Waals surface area contributed by atoms with Crippen molar-refractivity contribution in [3.63, 3.8) is 0 Å². The number of carbonyl (C=O) groups excluding carboxylic acids is 1. The van der Waals surface area contributed by atoms with Gasteiger partial charge < -0.3 is 5.32 Å². The number of nitrogens with zero attached hydrogens (tertiary/aromatic N) is 1. The predicted molar refractivity (Wildman–Crippen MR) is 80.7 cm³/mol. The lowest BCUT2D eigenvalue weighted by atomic mass is 9.91. The number of nitrogens with one attached hydrogen (secondary N) is 1. The Kier molecular flexibility index (Phi) is 6.01. The number of rotatable bonds is 5. The molecule has 1 fully saturated rings. The third kappa shape index (κ3) is 4.74. The molecule has 0 radical (unpaired) electrons. The van der Waals surface area contributed by atoms with E-state index in [9.17, 15) is 13.2 Å². The Morgan fingerprint density at radius 2 is 1.55 bits per heavy atom. The number of hydrogen-bond donors (Lipinski definition) is 1. The van der Waals surface area contributed by atoms with Crippen LogP contribution in [0.15, 0.2) is 0 Å². The average Bonchev–Trinajstić information content (AvgIpc) is 2.34. The van der Waals surface area contributed by atoms with E-state index in [0.717, 1.165) is 0 Å². The van der Waals surface area contributed by atoms with Crippen molar-refractivity contribution in [2.75, 3.05) is 19.3 Å². The van der Waals surface area contributed by atoms with E-state index in [-0.39, 0.29) is 17.9 Å². The highest BCUT2D eigenvalue weighted by molar-refractivity contribution is 7.88. The van der Waals surface area contributed by atoms with Gasteiger partial charge in [-0.05, 0) is 24.7 Å². The number of piperidine rings is 1. The van der Waals surface area contributed by atoms with Gasteiger partial charge in [0, 0.05) is 25.0 Å². The van der Waals surface area contributed by atoms with Gasteiger partial charge in [0.25, 0.3) is 0 Å². The normalized spacial score (nSPS) is 19.0. The Morgan fingerprint density at radius 3 is 1.90 bits per heavy atom. The maximum Gasteiger partial charge on any atom is 0.223 e. The van der Waals surface area contributed by atoms with Crippen molar-refractivity contribution in [2.24, 2.45) is 17.8 Å². The van der Waals surface area contributed by atoms with E-state index >= 15 is 0 Å². The summed E-state index contributed by atoms with van der Waals surface area (Å²) in [6.45, 7) is 9.33. The van der Waals surface area contributed by atoms with Crippen LogP contribution < -0.4 is 5.32 Å². The van der Waals surface area contributed by atoms with Gasteiger partial charge >= 0.3 is 0 Å². The fourth-order valence-electron chi connectivity index (χ4n) is 2.83. The van der Waals surface area contributed by atoms with Crippen LogP contribution in [0.1, 0.15) is 40.5 Å². The maximum atomic E-state index is 12.3. The van der Waals surface area contributed by atoms with Crippen molar-refractivity contribution in [1.82, 2.24) is 9.62 Å². The molecule has 0 aromatic rings. The van der Waals surface area contributed by atoms with Crippen molar-refractivity contribution in [1.29, 1.82) is 0 Å². The van der Waals surface area contributed by atoms with Gasteiger partial charge in [0.05, 0.1) is 6.26 Å². The zero-order chi connectivity index (χ0) is 15.5. The van der Waals surface area contributed by atoms with Crippen LogP contribution in [0, 0.1) is 17.8 Å². The minimum atomic E-state index is -3.12. The average molecular weight is 304 g/mol. The Morgan fingerprint density at radius 1 is 1.10 bits per heavy atom. The molecule has 1 aliphatic heterocycles. The monoisotopic (exact) mass is 304 g/mol. The van der Waals surface area contributed by atoms with Crippen molar-refractivity contribution < 1.29 is 13.2 Å². The first-order valence-corrected chi connectivity index (χ1v) is 9.23. The second-order valence-corrected chi connectivity index (χ2v) is 8.44. The van der Waals surface area contributed by atoms with Crippen molar-refractivity contribution in [2.45, 2.75) is 46.6 Å². The number of hydrogen-bond acceptors (Lipinski definition) is 3. The first-order chi connectivity index (χ1) is 9.12. The van der Waals surface area contributed by atoms with Gasteiger partial charge in [-0.15, -0.1) is 0 Å². The van der Waals surface area contributed by atoms with E-state index in [0.29, 0.717) is 37.8 Å². The summed E-state index contributed by atoms with van der Waals surface area (Å²) in [5.41, 5.74) is 0. The van der Waals surface area contributed by atoms with Gasteiger partial charge in [-0.25, -0.2) is 12.7 Å². The van der Waals surface area contributed by atoms with Crippen LogP contribution in [0.4, 0.5) is 0 Å². The Balaban J connectivity index is 2.55. The first kappa shape index (κ1) is 17.4. The largest absolute Gasteiger partial charge is 0.353 e. The second kappa shape index (κ2) is 6.89. The fourth-order valence-corrected chi connectivity index (χ4v) is 3.71. The van der Waals surface area contributed by atoms with Crippen LogP contribution in [-0.4, -0.2) is 44.0 Å². The third-order valence-corrected chi connectivity index (χ3v) is 5.34. The molecule has 118 valence electrons. The van der Waals surface area contributed by atoms with Crippen molar-refractivity contribution in [3.05, 3.63) is 0 Å². The minimum absolute atomic E-state index is 0.0620. The smallest absolute Gasteiger partial charge is 0.223 e. The summed E-state index contributed by atoms with van der Waals surface area (Å²) < 4.78 is 24.3. The van der Waals surface area contributed by atoms with Gasteiger partial charge in [-0.1, -0.05) is 27.7 Å². The van der Waals surface area contributed by atoms with Gasteiger partial charge in [0.15, 0.2) is 0 Å². The molecule has 0 atom stereocenters. The van der Waals surface area contributed by atoms with Crippen molar-refractivity contribution >= 4 is 15.9 Å². The molecule has 6 heteroatoms. The van der Waals surface area contributed by atoms with Gasteiger partial charge in [0.1, 0.15) is 0 Å². The lowest BCUT2D eigenvalue weighted by molar-refractivity contribution is -0.127. The molecule has 0 aromatic carbocycles. The molecule has 0 saturated carbocycles. The van der Waals surface area contributed by atoms with Gasteiger partial charge in [0.2, 0.25) is 15.9 Å². The van der Waals surface area contributed by atoms with Crippen LogP contribution >= 0.6 is 0 Å². The molecule has 0 aromatic heterocycles. The molecule has 1 heterocycles. The maximum absolute atomic E-state index is 12.3. The Bertz CT molecular complexity index is 416. The molecule has 1 amide bonds. The van der Waals surface area contributed by atoms with Crippen LogP contribution in [-0.2, 0) is 14.8 Å². The summed E-state index contributed by atoms with van der Waals surface area (Å²) in [6, 6.07) is 0.176. The fraction of sp³-hybridized carbons (Fsp3) is 0.929. The number of carbonyl (C=O) groups is 1. The van der Waals surface area contributed by atoms with E-state index in [1.165, 1.54) is 10.6 Å². The summed E-state index contributed by atoms with van der Waals surface area (Å²) >= 11 is 0. The standard InChI is InChI=1S/C14H28N2O3S/c1-10(2)13(11(3)4)15-14(17)12-6-8-16(9-7-12)20(5,18)19/h10-13H,6-9H2,1-5H3,(H,15,17). The Hall–Kier alpha value is -0.620. The zero-order valence-corrected chi connectivity index (χ0v) is 14.0. The molecule has 0 unspecified atom stereocenters. The SMILES string of the molecule is CC(C)C(NC(=O)C1CCN(S(C)(=O)=O)CC1)C(C)C. The summed E-state index contributed by atoms with van der Waals surface area (Å²) in [4.78, 5) is 12.3. The summed E-state index contributed by atoms with van der Waals surface area (Å²) in [7, 11) is -3.12. The molecule has 0 spiro atoms. The molecular weight excluding hydrogens is 276 g/mol. The lowest BCUT2D eigenvalue weighted by Crippen LogP contribution is -2.48. The number of amides is 1. The van der Waals surface area contributed by atoms with Crippen LogP contribution in [0.5, 0.6) is 0 Å². The van der Waals surface area contributed by atoms with E-state index in [4.69, 9.17) is 0 Å². The minimum Gasteiger partial charge on any atom is -0.353 e. The van der Waals surface area contributed by atoms with Crippen LogP contribution in [0.3, 0.4) is 0 Å². The van der Waals surface area contributed by atoms with Crippen LogP contribution in [0.2, 0.25) is 0 Å². The molecule has 1 N–H and O–H groups in total. The molecule has 1 aliphatic rings. The zero-order valence-electron chi connectivity index (χ0n) is 13.2. The van der Waals surface area contributed by atoms with Crippen molar-refractivity contribution in [3.8, 4) is 0 Å². The van der Waals surface area contributed by atoms with Gasteiger partial charge in [-0.2, -0.15) is 0 Å². The van der Waals surface area contributed by atoms with Gasteiger partial charge in [-0.3, -0.25) is 4.79 Å². The lowest BCUT2D eigenvalue weighted by Gasteiger charge is -2.32. The molecule has 5 nitrogen and oxygen atoms in total. The highest BCUT2D eigenvalue weighted by Gasteiger charge is 2.30. The molecule has 1 rings (SSSR count). The molecule has 1 saturated heterocycles. The third-order valence-electron chi connectivity index (χ3n) is 4.04. The molecule has 20 heavy (non-hydrogen) atoms. The molecule has 0 aliphatic carbocycles. The highest BCUT2D eigenvalue weighted by Crippen LogP contribution is 2.21. The number of sulfonamides is 1. The van der Waals surface area contributed by atoms with E-state index in [2.05, 4.69) is 33.0 Å².